The summed E-state index contributed by atoms with van der Waals surface area (Å²) in [4.78, 5) is 0. The Bertz CT molecular complexity index is 1150. The minimum atomic E-state index is -0.341. The van der Waals surface area contributed by atoms with Crippen LogP contribution in [0.2, 0.25) is 0 Å². The van der Waals surface area contributed by atoms with Crippen molar-refractivity contribution in [1.29, 1.82) is 0 Å². The average molecular weight is 451 g/mol. The largest absolute Gasteiger partial charge is 0.206 e. The number of hydrogen-bond acceptors (Lipinski definition) is 0. The highest BCUT2D eigenvalue weighted by Gasteiger charge is 2.00. The lowest BCUT2D eigenvalue weighted by atomic mass is 10.0. The maximum atomic E-state index is 14.5. The van der Waals surface area contributed by atoms with Crippen LogP contribution in [-0.4, -0.2) is 0 Å². The van der Waals surface area contributed by atoms with Crippen molar-refractivity contribution in [2.75, 3.05) is 0 Å². The summed E-state index contributed by atoms with van der Waals surface area (Å²) < 4.78 is 14.5. The topological polar surface area (TPSA) is 0 Å². The molecule has 0 bridgehead atoms. The number of rotatable bonds is 9. The Morgan fingerprint density at radius 1 is 0.588 bits per heavy atom. The van der Waals surface area contributed by atoms with Gasteiger partial charge in [-0.3, -0.25) is 0 Å². The van der Waals surface area contributed by atoms with Crippen LogP contribution in [0, 0.1) is 36.4 Å². The van der Waals surface area contributed by atoms with Crippen LogP contribution >= 0.6 is 0 Å². The fourth-order valence-electron chi connectivity index (χ4n) is 3.83. The van der Waals surface area contributed by atoms with Gasteiger partial charge in [0.1, 0.15) is 5.82 Å². The maximum absolute atomic E-state index is 14.5. The summed E-state index contributed by atoms with van der Waals surface area (Å²) in [6, 6.07) is 21.3. The van der Waals surface area contributed by atoms with E-state index in [2.05, 4.69) is 54.9 Å². The van der Waals surface area contributed by atoms with Gasteiger partial charge in [-0.05, 0) is 67.8 Å². The Morgan fingerprint density at radius 3 is 1.76 bits per heavy atom. The van der Waals surface area contributed by atoms with Crippen molar-refractivity contribution < 1.29 is 4.39 Å². The fraction of sp³-hybridized carbons (Fsp3) is 0.333. The number of benzene rings is 3. The zero-order valence-corrected chi connectivity index (χ0v) is 20.6. The molecule has 1 heteroatoms. The molecule has 34 heavy (non-hydrogen) atoms. The molecule has 0 radical (unpaired) electrons. The third kappa shape index (κ3) is 8.92. The van der Waals surface area contributed by atoms with E-state index in [4.69, 9.17) is 0 Å². The van der Waals surface area contributed by atoms with E-state index in [1.165, 1.54) is 68.6 Å². The van der Waals surface area contributed by atoms with Gasteiger partial charge in [0.25, 0.3) is 0 Å². The molecule has 3 rings (SSSR count). The summed E-state index contributed by atoms with van der Waals surface area (Å²) in [5.41, 5.74) is 5.40. The molecule has 0 amide bonds. The Labute approximate surface area is 205 Å². The van der Waals surface area contributed by atoms with Crippen LogP contribution in [-0.2, 0) is 6.42 Å². The first-order valence-corrected chi connectivity index (χ1v) is 12.6. The van der Waals surface area contributed by atoms with Gasteiger partial charge in [-0.15, -0.1) is 0 Å². The molecule has 3 aromatic carbocycles. The molecule has 0 spiro atoms. The summed E-state index contributed by atoms with van der Waals surface area (Å²) in [7, 11) is 0. The van der Waals surface area contributed by atoms with Crippen molar-refractivity contribution in [3.05, 3.63) is 106 Å². The molecular formula is C33H35F. The molecule has 0 atom stereocenters. The molecule has 0 aliphatic carbocycles. The Hall–Kier alpha value is -3.29. The van der Waals surface area contributed by atoms with E-state index in [0.29, 0.717) is 11.1 Å². The minimum absolute atomic E-state index is 0.341. The zero-order chi connectivity index (χ0) is 24.0. The summed E-state index contributed by atoms with van der Waals surface area (Å²) in [5.74, 6) is 11.8. The summed E-state index contributed by atoms with van der Waals surface area (Å²) in [6.45, 7) is 4.29. The first kappa shape index (κ1) is 25.3. The van der Waals surface area contributed by atoms with Crippen LogP contribution in [0.1, 0.15) is 91.7 Å². The minimum Gasteiger partial charge on any atom is -0.206 e. The molecule has 0 nitrogen and oxygen atoms in total. The van der Waals surface area contributed by atoms with Crippen molar-refractivity contribution in [2.45, 2.75) is 71.6 Å². The van der Waals surface area contributed by atoms with E-state index >= 15 is 0 Å². The predicted octanol–water partition coefficient (Wildman–Crippen LogP) is 8.62. The Kier molecular flexibility index (Phi) is 10.5. The molecule has 174 valence electrons. The van der Waals surface area contributed by atoms with Crippen LogP contribution in [0.3, 0.4) is 0 Å². The molecule has 0 fully saturated rings. The van der Waals surface area contributed by atoms with Crippen LogP contribution in [0.5, 0.6) is 0 Å². The van der Waals surface area contributed by atoms with E-state index in [1.54, 1.807) is 6.07 Å². The second-order valence-corrected chi connectivity index (χ2v) is 8.98. The van der Waals surface area contributed by atoms with Gasteiger partial charge in [-0.25, -0.2) is 4.39 Å². The highest BCUT2D eigenvalue weighted by atomic mass is 19.1. The van der Waals surface area contributed by atoms with Gasteiger partial charge in [-0.1, -0.05) is 105 Å². The number of hydrogen-bond donors (Lipinski definition) is 0. The first-order valence-electron chi connectivity index (χ1n) is 12.6. The van der Waals surface area contributed by atoms with Gasteiger partial charge in [0.05, 0.1) is 5.56 Å². The van der Waals surface area contributed by atoms with E-state index in [1.807, 2.05) is 37.3 Å². The monoisotopic (exact) mass is 450 g/mol. The zero-order valence-electron chi connectivity index (χ0n) is 20.6. The molecule has 0 aromatic heterocycles. The molecule has 0 N–H and O–H groups in total. The van der Waals surface area contributed by atoms with Gasteiger partial charge < -0.3 is 0 Å². The molecule has 0 aliphatic heterocycles. The normalized spacial score (nSPS) is 10.2. The summed E-state index contributed by atoms with van der Waals surface area (Å²) in [5, 5.41) is 0. The molecule has 0 saturated heterocycles. The standard InChI is InChI=1S/C33H35F/c1-3-4-5-6-7-8-9-10-11-28-16-18-30(19-17-28)20-21-31-23-25-32(33(34)26-31)24-22-29-14-12-27(2)13-15-29/h12-19,23,25-26H,3-11H2,1-2H3. The Balaban J connectivity index is 1.49. The molecule has 0 saturated carbocycles. The van der Waals surface area contributed by atoms with Crippen molar-refractivity contribution in [1.82, 2.24) is 0 Å². The van der Waals surface area contributed by atoms with Gasteiger partial charge in [0.15, 0.2) is 0 Å². The first-order chi connectivity index (χ1) is 16.6. The van der Waals surface area contributed by atoms with E-state index in [0.717, 1.165) is 17.5 Å². The van der Waals surface area contributed by atoms with E-state index in [9.17, 15) is 4.39 Å². The van der Waals surface area contributed by atoms with Crippen molar-refractivity contribution in [2.24, 2.45) is 0 Å². The lowest BCUT2D eigenvalue weighted by Crippen LogP contribution is -1.88. The lowest BCUT2D eigenvalue weighted by molar-refractivity contribution is 0.575. The lowest BCUT2D eigenvalue weighted by Gasteiger charge is -2.03. The Morgan fingerprint density at radius 2 is 1.12 bits per heavy atom. The third-order valence-corrected chi connectivity index (χ3v) is 5.99. The number of aryl methyl sites for hydroxylation is 2. The highest BCUT2D eigenvalue weighted by molar-refractivity contribution is 5.49. The predicted molar refractivity (Wildman–Crippen MR) is 142 cm³/mol. The van der Waals surface area contributed by atoms with Gasteiger partial charge in [0.2, 0.25) is 0 Å². The summed E-state index contributed by atoms with van der Waals surface area (Å²) >= 11 is 0. The van der Waals surface area contributed by atoms with Gasteiger partial charge >= 0.3 is 0 Å². The van der Waals surface area contributed by atoms with E-state index in [-0.39, 0.29) is 5.82 Å². The van der Waals surface area contributed by atoms with Crippen LogP contribution < -0.4 is 0 Å². The van der Waals surface area contributed by atoms with E-state index < -0.39 is 0 Å². The molecule has 3 aromatic rings. The van der Waals surface area contributed by atoms with Crippen molar-refractivity contribution in [3.63, 3.8) is 0 Å². The molecular weight excluding hydrogens is 415 g/mol. The molecule has 0 aliphatic rings. The molecule has 0 unspecified atom stereocenters. The van der Waals surface area contributed by atoms with Crippen LogP contribution in [0.4, 0.5) is 4.39 Å². The second kappa shape index (κ2) is 14.1. The van der Waals surface area contributed by atoms with Gasteiger partial charge in [-0.2, -0.15) is 0 Å². The van der Waals surface area contributed by atoms with Crippen molar-refractivity contribution in [3.8, 4) is 23.7 Å². The number of unbranched alkanes of at least 4 members (excludes halogenated alkanes) is 7. The van der Waals surface area contributed by atoms with Crippen molar-refractivity contribution >= 4 is 0 Å². The van der Waals surface area contributed by atoms with Crippen LogP contribution in [0.25, 0.3) is 0 Å². The van der Waals surface area contributed by atoms with Crippen LogP contribution in [0.15, 0.2) is 66.7 Å². The highest BCUT2D eigenvalue weighted by Crippen LogP contribution is 2.13. The second-order valence-electron chi connectivity index (χ2n) is 8.98. The maximum Gasteiger partial charge on any atom is 0.140 e. The quantitative estimate of drug-likeness (QED) is 0.226. The van der Waals surface area contributed by atoms with Gasteiger partial charge in [0, 0.05) is 16.7 Å². The number of halogens is 1. The average Bonchev–Trinajstić information content (AvgIpc) is 2.85. The third-order valence-electron chi connectivity index (χ3n) is 5.99. The SMILES string of the molecule is CCCCCCCCCCc1ccc(C#Cc2ccc(C#Cc3ccc(C)cc3)c(F)c2)cc1. The summed E-state index contributed by atoms with van der Waals surface area (Å²) in [6.07, 6.45) is 11.9. The smallest absolute Gasteiger partial charge is 0.140 e. The molecule has 0 heterocycles. The fourth-order valence-corrected chi connectivity index (χ4v) is 3.83.